The summed E-state index contributed by atoms with van der Waals surface area (Å²) in [7, 11) is 0. The summed E-state index contributed by atoms with van der Waals surface area (Å²) in [5.74, 6) is 1.81. The van der Waals surface area contributed by atoms with Crippen molar-refractivity contribution in [2.75, 3.05) is 0 Å². The Morgan fingerprint density at radius 2 is 1.56 bits per heavy atom. The van der Waals surface area contributed by atoms with Crippen molar-refractivity contribution in [2.24, 2.45) is 11.8 Å². The van der Waals surface area contributed by atoms with Crippen LogP contribution in [-0.2, 0) is 9.53 Å². The number of carbonyl (C=O) groups is 1. The van der Waals surface area contributed by atoms with Crippen LogP contribution in [0.5, 0.6) is 0 Å². The molecule has 2 nitrogen and oxygen atoms in total. The highest BCUT2D eigenvalue weighted by atomic mass is 16.5. The fourth-order valence-corrected chi connectivity index (χ4v) is 3.27. The van der Waals surface area contributed by atoms with E-state index in [9.17, 15) is 4.79 Å². The summed E-state index contributed by atoms with van der Waals surface area (Å²) >= 11 is 0. The first-order valence-electron chi connectivity index (χ1n) is 7.95. The van der Waals surface area contributed by atoms with Gasteiger partial charge >= 0.3 is 5.97 Å². The Morgan fingerprint density at radius 1 is 0.889 bits per heavy atom. The van der Waals surface area contributed by atoms with Crippen molar-refractivity contribution in [1.29, 1.82) is 0 Å². The van der Waals surface area contributed by atoms with Gasteiger partial charge in [-0.1, -0.05) is 44.9 Å². The first kappa shape index (κ1) is 13.9. The Kier molecular flexibility index (Phi) is 5.52. The second-order valence-electron chi connectivity index (χ2n) is 6.31. The maximum absolute atomic E-state index is 11.6. The quantitative estimate of drug-likeness (QED) is 0.595. The van der Waals surface area contributed by atoms with Gasteiger partial charge in [0.15, 0.2) is 0 Å². The second-order valence-corrected chi connectivity index (χ2v) is 6.31. The summed E-state index contributed by atoms with van der Waals surface area (Å²) in [6, 6.07) is 0. The molecule has 2 rings (SSSR count). The van der Waals surface area contributed by atoms with Crippen LogP contribution >= 0.6 is 0 Å². The Hall–Kier alpha value is -0.530. The monoisotopic (exact) mass is 252 g/mol. The van der Waals surface area contributed by atoms with Crippen LogP contribution in [0.3, 0.4) is 0 Å². The molecule has 0 amide bonds. The van der Waals surface area contributed by atoms with E-state index in [1.807, 2.05) is 0 Å². The number of cyclic esters (lactones) is 1. The molecular weight excluding hydrogens is 224 g/mol. The van der Waals surface area contributed by atoms with Gasteiger partial charge in [0.25, 0.3) is 0 Å². The van der Waals surface area contributed by atoms with E-state index < -0.39 is 0 Å². The molecule has 2 aliphatic rings. The Labute approximate surface area is 111 Å². The van der Waals surface area contributed by atoms with Gasteiger partial charge in [0.2, 0.25) is 0 Å². The summed E-state index contributed by atoms with van der Waals surface area (Å²) in [6.45, 7) is 2.06. The van der Waals surface area contributed by atoms with Crippen LogP contribution in [0.2, 0.25) is 0 Å². The zero-order chi connectivity index (χ0) is 12.8. The first-order valence-corrected chi connectivity index (χ1v) is 7.95. The van der Waals surface area contributed by atoms with E-state index >= 15 is 0 Å². The van der Waals surface area contributed by atoms with Crippen LogP contribution in [0.1, 0.15) is 77.6 Å². The molecule has 1 heterocycles. The average Bonchev–Trinajstić information content (AvgIpc) is 3.03. The van der Waals surface area contributed by atoms with E-state index in [4.69, 9.17) is 4.74 Å². The van der Waals surface area contributed by atoms with Gasteiger partial charge in [0.05, 0.1) is 6.10 Å². The molecular formula is C16H28O2. The molecule has 104 valence electrons. The van der Waals surface area contributed by atoms with Gasteiger partial charge in [0, 0.05) is 6.42 Å². The zero-order valence-electron chi connectivity index (χ0n) is 11.8. The SMILES string of the molecule is CC1CC2CC2CCCCCCCCCC(=O)O1. The number of rotatable bonds is 0. The maximum Gasteiger partial charge on any atom is 0.306 e. The number of hydrogen-bond acceptors (Lipinski definition) is 2. The van der Waals surface area contributed by atoms with Crippen molar-refractivity contribution in [3.8, 4) is 0 Å². The van der Waals surface area contributed by atoms with Crippen molar-refractivity contribution in [1.82, 2.24) is 0 Å². The van der Waals surface area contributed by atoms with E-state index in [2.05, 4.69) is 6.92 Å². The van der Waals surface area contributed by atoms with Gasteiger partial charge in [-0.2, -0.15) is 0 Å². The van der Waals surface area contributed by atoms with E-state index in [0.717, 1.165) is 24.7 Å². The van der Waals surface area contributed by atoms with Gasteiger partial charge in [-0.3, -0.25) is 4.79 Å². The third kappa shape index (κ3) is 4.99. The molecule has 0 aromatic rings. The van der Waals surface area contributed by atoms with Gasteiger partial charge in [-0.25, -0.2) is 0 Å². The molecule has 1 aliphatic heterocycles. The molecule has 0 aromatic carbocycles. The fourth-order valence-electron chi connectivity index (χ4n) is 3.27. The van der Waals surface area contributed by atoms with E-state index in [1.54, 1.807) is 0 Å². The van der Waals surface area contributed by atoms with Crippen LogP contribution in [0, 0.1) is 11.8 Å². The molecule has 0 spiro atoms. The standard InChI is InChI=1S/C16H28O2/c1-13-11-15-12-14(15)9-7-5-3-2-4-6-8-10-16(17)18-13/h13-15H,2-12H2,1H3. The number of esters is 1. The molecule has 0 bridgehead atoms. The second kappa shape index (κ2) is 7.16. The number of hydrogen-bond donors (Lipinski definition) is 0. The number of ether oxygens (including phenoxy) is 1. The molecule has 1 saturated heterocycles. The molecule has 0 N–H and O–H groups in total. The molecule has 2 heteroatoms. The van der Waals surface area contributed by atoms with Crippen LogP contribution in [-0.4, -0.2) is 12.1 Å². The highest BCUT2D eigenvalue weighted by Gasteiger charge is 2.37. The zero-order valence-corrected chi connectivity index (χ0v) is 11.8. The maximum atomic E-state index is 11.6. The smallest absolute Gasteiger partial charge is 0.306 e. The van der Waals surface area contributed by atoms with Crippen molar-refractivity contribution >= 4 is 5.97 Å². The van der Waals surface area contributed by atoms with Crippen molar-refractivity contribution in [2.45, 2.75) is 83.7 Å². The van der Waals surface area contributed by atoms with Gasteiger partial charge in [0.1, 0.15) is 0 Å². The fraction of sp³-hybridized carbons (Fsp3) is 0.938. The van der Waals surface area contributed by atoms with Crippen LogP contribution in [0.15, 0.2) is 0 Å². The summed E-state index contributed by atoms with van der Waals surface area (Å²) < 4.78 is 5.48. The van der Waals surface area contributed by atoms with Crippen LogP contribution in [0.4, 0.5) is 0 Å². The largest absolute Gasteiger partial charge is 0.463 e. The molecule has 3 atom stereocenters. The summed E-state index contributed by atoms with van der Waals surface area (Å²) in [4.78, 5) is 11.6. The van der Waals surface area contributed by atoms with E-state index in [1.165, 1.54) is 51.4 Å². The number of fused-ring (bicyclic) bond motifs is 1. The molecule has 0 radical (unpaired) electrons. The molecule has 1 aliphatic carbocycles. The van der Waals surface area contributed by atoms with Gasteiger partial charge < -0.3 is 4.74 Å². The minimum Gasteiger partial charge on any atom is -0.463 e. The molecule has 3 unspecified atom stereocenters. The summed E-state index contributed by atoms with van der Waals surface area (Å²) in [5, 5.41) is 0. The minimum absolute atomic E-state index is 0.0228. The predicted molar refractivity (Wildman–Crippen MR) is 73.3 cm³/mol. The third-order valence-corrected chi connectivity index (χ3v) is 4.49. The summed E-state index contributed by atoms with van der Waals surface area (Å²) in [5.41, 5.74) is 0. The Morgan fingerprint density at radius 3 is 2.33 bits per heavy atom. The average molecular weight is 252 g/mol. The topological polar surface area (TPSA) is 26.3 Å². The van der Waals surface area contributed by atoms with Crippen molar-refractivity contribution in [3.63, 3.8) is 0 Å². The first-order chi connectivity index (χ1) is 8.75. The lowest BCUT2D eigenvalue weighted by molar-refractivity contribution is -0.148. The summed E-state index contributed by atoms with van der Waals surface area (Å²) in [6.07, 6.45) is 13.7. The normalized spacial score (nSPS) is 35.8. The highest BCUT2D eigenvalue weighted by Crippen LogP contribution is 2.45. The lowest BCUT2D eigenvalue weighted by Gasteiger charge is -2.13. The molecule has 1 saturated carbocycles. The van der Waals surface area contributed by atoms with E-state index in [-0.39, 0.29) is 12.1 Å². The third-order valence-electron chi connectivity index (χ3n) is 4.49. The van der Waals surface area contributed by atoms with Crippen molar-refractivity contribution < 1.29 is 9.53 Å². The number of carbonyl (C=O) groups excluding carboxylic acids is 1. The van der Waals surface area contributed by atoms with Crippen molar-refractivity contribution in [3.05, 3.63) is 0 Å². The lowest BCUT2D eigenvalue weighted by atomic mass is 10.0. The van der Waals surface area contributed by atoms with E-state index in [0.29, 0.717) is 6.42 Å². The minimum atomic E-state index is 0.0228. The Bertz CT molecular complexity index is 262. The van der Waals surface area contributed by atoms with Crippen LogP contribution < -0.4 is 0 Å². The highest BCUT2D eigenvalue weighted by molar-refractivity contribution is 5.69. The predicted octanol–water partition coefficient (Wildman–Crippen LogP) is 4.47. The van der Waals surface area contributed by atoms with Gasteiger partial charge in [-0.15, -0.1) is 0 Å². The molecule has 0 aromatic heterocycles. The van der Waals surface area contributed by atoms with Gasteiger partial charge in [-0.05, 0) is 38.0 Å². The molecule has 2 fully saturated rings. The molecule has 18 heavy (non-hydrogen) atoms. The Balaban J connectivity index is 1.74. The lowest BCUT2D eigenvalue weighted by Crippen LogP contribution is -2.15. The van der Waals surface area contributed by atoms with Crippen LogP contribution in [0.25, 0.3) is 0 Å².